The second-order valence-corrected chi connectivity index (χ2v) is 6.12. The number of halogens is 1. The van der Waals surface area contributed by atoms with Gasteiger partial charge in [-0.15, -0.1) is 24.0 Å². The Kier molecular flexibility index (Phi) is 7.39. The Labute approximate surface area is 174 Å². The molecular formula is C17H23IN6O3. The minimum Gasteiger partial charge on any atom is -0.356 e. The number of amides is 4. The summed E-state index contributed by atoms with van der Waals surface area (Å²) in [7, 11) is 1.64. The van der Waals surface area contributed by atoms with Gasteiger partial charge in [0.15, 0.2) is 5.96 Å². The van der Waals surface area contributed by atoms with Crippen LogP contribution in [0.15, 0.2) is 29.3 Å². The summed E-state index contributed by atoms with van der Waals surface area (Å²) in [5, 5.41) is 11.6. The fraction of sp³-hybridized carbons (Fsp3) is 0.412. The van der Waals surface area contributed by atoms with Crippen LogP contribution in [-0.4, -0.2) is 61.9 Å². The third kappa shape index (κ3) is 5.08. The molecule has 1 atom stereocenters. The van der Waals surface area contributed by atoms with Gasteiger partial charge in [0.1, 0.15) is 0 Å². The van der Waals surface area contributed by atoms with Crippen LogP contribution in [0.3, 0.4) is 0 Å². The van der Waals surface area contributed by atoms with Crippen LogP contribution in [0.5, 0.6) is 0 Å². The topological polar surface area (TPSA) is 115 Å². The number of urea groups is 1. The normalized spacial score (nSPS) is 19.0. The zero-order chi connectivity index (χ0) is 18.5. The first-order valence-electron chi connectivity index (χ1n) is 8.50. The summed E-state index contributed by atoms with van der Waals surface area (Å²) in [5.74, 6) is 0.367. The Balaban J connectivity index is 0.00000261. The molecule has 2 aliphatic rings. The highest BCUT2D eigenvalue weighted by Crippen LogP contribution is 2.31. The van der Waals surface area contributed by atoms with Crippen molar-refractivity contribution in [3.05, 3.63) is 29.8 Å². The van der Waals surface area contributed by atoms with Crippen molar-refractivity contribution in [3.8, 4) is 0 Å². The highest BCUT2D eigenvalue weighted by atomic mass is 127. The number of fused-ring (bicyclic) bond motifs is 1. The van der Waals surface area contributed by atoms with Gasteiger partial charge in [0.05, 0.1) is 6.54 Å². The van der Waals surface area contributed by atoms with E-state index in [1.54, 1.807) is 7.05 Å². The Morgan fingerprint density at radius 3 is 2.74 bits per heavy atom. The number of aliphatic imine (C=N–C) groups is 1. The number of carbonyl (C=O) groups excluding carboxylic acids is 3. The van der Waals surface area contributed by atoms with Crippen molar-refractivity contribution >= 4 is 53.5 Å². The van der Waals surface area contributed by atoms with Gasteiger partial charge in [0.2, 0.25) is 11.8 Å². The molecule has 1 saturated heterocycles. The lowest BCUT2D eigenvalue weighted by atomic mass is 9.90. The van der Waals surface area contributed by atoms with Crippen LogP contribution in [0.4, 0.5) is 10.5 Å². The fourth-order valence-corrected chi connectivity index (χ4v) is 3.09. The summed E-state index contributed by atoms with van der Waals surface area (Å²) in [4.78, 5) is 40.2. The average Bonchev–Trinajstić information content (AvgIpc) is 2.96. The van der Waals surface area contributed by atoms with Gasteiger partial charge in [0.25, 0.3) is 0 Å². The predicted molar refractivity (Wildman–Crippen MR) is 112 cm³/mol. The molecule has 0 saturated carbocycles. The van der Waals surface area contributed by atoms with E-state index in [0.29, 0.717) is 25.5 Å². The Morgan fingerprint density at radius 1 is 1.26 bits per heavy atom. The lowest BCUT2D eigenvalue weighted by Gasteiger charge is -2.26. The number of hydrogen-bond donors (Lipinski definition) is 4. The molecule has 0 radical (unpaired) electrons. The van der Waals surface area contributed by atoms with Crippen molar-refractivity contribution in [2.24, 2.45) is 4.99 Å². The lowest BCUT2D eigenvalue weighted by Crippen LogP contribution is -2.44. The van der Waals surface area contributed by atoms with Gasteiger partial charge in [-0.2, -0.15) is 0 Å². The Bertz CT molecular complexity index is 738. The van der Waals surface area contributed by atoms with Gasteiger partial charge in [-0.3, -0.25) is 19.5 Å². The third-order valence-electron chi connectivity index (χ3n) is 4.41. The highest BCUT2D eigenvalue weighted by Gasteiger charge is 2.28. The first-order chi connectivity index (χ1) is 12.6. The van der Waals surface area contributed by atoms with Crippen LogP contribution in [0, 0.1) is 0 Å². The quantitative estimate of drug-likeness (QED) is 0.209. The summed E-state index contributed by atoms with van der Waals surface area (Å²) < 4.78 is 0. The molecule has 2 heterocycles. The van der Waals surface area contributed by atoms with Gasteiger partial charge in [-0.1, -0.05) is 18.2 Å². The van der Waals surface area contributed by atoms with Crippen LogP contribution < -0.4 is 21.3 Å². The number of guanidine groups is 1. The zero-order valence-corrected chi connectivity index (χ0v) is 17.3. The van der Waals surface area contributed by atoms with E-state index in [4.69, 9.17) is 0 Å². The van der Waals surface area contributed by atoms with Crippen molar-refractivity contribution in [1.29, 1.82) is 0 Å². The van der Waals surface area contributed by atoms with Gasteiger partial charge in [-0.05, 0) is 11.6 Å². The molecule has 0 bridgehead atoms. The Hall–Kier alpha value is -2.37. The van der Waals surface area contributed by atoms with E-state index in [1.165, 1.54) is 4.90 Å². The number of anilines is 1. The fourth-order valence-electron chi connectivity index (χ4n) is 3.09. The summed E-state index contributed by atoms with van der Waals surface area (Å²) in [6.07, 6.45) is 0.406. The highest BCUT2D eigenvalue weighted by molar-refractivity contribution is 14.0. The number of benzene rings is 1. The molecule has 4 N–H and O–H groups in total. The molecule has 4 amide bonds. The van der Waals surface area contributed by atoms with Crippen LogP contribution >= 0.6 is 24.0 Å². The molecule has 2 aliphatic heterocycles. The maximum absolute atomic E-state index is 11.9. The van der Waals surface area contributed by atoms with Crippen LogP contribution in [0.25, 0.3) is 0 Å². The van der Waals surface area contributed by atoms with E-state index < -0.39 is 0 Å². The summed E-state index contributed by atoms with van der Waals surface area (Å²) >= 11 is 0. The third-order valence-corrected chi connectivity index (χ3v) is 4.41. The second kappa shape index (κ2) is 9.53. The van der Waals surface area contributed by atoms with Crippen LogP contribution in [0.1, 0.15) is 17.9 Å². The van der Waals surface area contributed by atoms with E-state index in [1.807, 2.05) is 24.3 Å². The first kappa shape index (κ1) is 20.9. The number of hydrogen-bond acceptors (Lipinski definition) is 4. The molecule has 9 nitrogen and oxygen atoms in total. The molecule has 0 aromatic heterocycles. The smallest absolute Gasteiger partial charge is 0.324 e. The molecule has 10 heteroatoms. The number of para-hydroxylation sites is 1. The standard InChI is InChI=1S/C17H22N6O3.HI/c1-18-16(19-6-7-23-15(25)10-21-17(23)26)20-9-11-8-14(24)22-13-5-3-2-4-12(11)13;/h2-5,11H,6-10H2,1H3,(H,21,26)(H,22,24)(H2,18,19,20);1H. The molecule has 1 aromatic rings. The maximum Gasteiger partial charge on any atom is 0.324 e. The molecule has 0 aliphatic carbocycles. The number of rotatable bonds is 5. The SMILES string of the molecule is CN=C(NCCN1C(=O)CNC1=O)NCC1CC(=O)Nc2ccccc21.I. The van der Waals surface area contributed by atoms with Crippen molar-refractivity contribution in [2.45, 2.75) is 12.3 Å². The number of carbonyl (C=O) groups is 3. The molecule has 0 spiro atoms. The lowest BCUT2D eigenvalue weighted by molar-refractivity contribution is -0.125. The molecule has 146 valence electrons. The van der Waals surface area contributed by atoms with Gasteiger partial charge < -0.3 is 21.3 Å². The largest absolute Gasteiger partial charge is 0.356 e. The van der Waals surface area contributed by atoms with E-state index in [0.717, 1.165) is 11.3 Å². The van der Waals surface area contributed by atoms with E-state index in [9.17, 15) is 14.4 Å². The minimum atomic E-state index is -0.371. The zero-order valence-electron chi connectivity index (χ0n) is 14.9. The molecule has 27 heavy (non-hydrogen) atoms. The van der Waals surface area contributed by atoms with Gasteiger partial charge in [-0.25, -0.2) is 4.79 Å². The Morgan fingerprint density at radius 2 is 2.04 bits per heavy atom. The summed E-state index contributed by atoms with van der Waals surface area (Å²) in [6, 6.07) is 7.38. The number of nitrogens with one attached hydrogen (secondary N) is 4. The van der Waals surface area contributed by atoms with Crippen molar-refractivity contribution in [1.82, 2.24) is 20.9 Å². The minimum absolute atomic E-state index is 0. The van der Waals surface area contributed by atoms with Gasteiger partial charge >= 0.3 is 6.03 Å². The number of nitrogens with zero attached hydrogens (tertiary/aromatic N) is 2. The van der Waals surface area contributed by atoms with E-state index >= 15 is 0 Å². The monoisotopic (exact) mass is 486 g/mol. The predicted octanol–water partition coefficient (Wildman–Crippen LogP) is 0.447. The molecular weight excluding hydrogens is 463 g/mol. The molecule has 1 aromatic carbocycles. The van der Waals surface area contributed by atoms with Gasteiger partial charge in [0, 0.05) is 44.7 Å². The second-order valence-electron chi connectivity index (χ2n) is 6.12. The first-order valence-corrected chi connectivity index (χ1v) is 8.50. The van der Waals surface area contributed by atoms with E-state index in [-0.39, 0.29) is 60.8 Å². The van der Waals surface area contributed by atoms with Crippen molar-refractivity contribution in [3.63, 3.8) is 0 Å². The van der Waals surface area contributed by atoms with Crippen molar-refractivity contribution < 1.29 is 14.4 Å². The maximum atomic E-state index is 11.9. The molecule has 1 unspecified atom stereocenters. The summed E-state index contributed by atoms with van der Waals surface area (Å²) in [5.41, 5.74) is 1.94. The molecule has 1 fully saturated rings. The van der Waals surface area contributed by atoms with Crippen molar-refractivity contribution in [2.75, 3.05) is 38.5 Å². The summed E-state index contributed by atoms with van der Waals surface area (Å²) in [6.45, 7) is 1.25. The van der Waals surface area contributed by atoms with Crippen LogP contribution in [-0.2, 0) is 9.59 Å². The molecule has 3 rings (SSSR count). The van der Waals surface area contributed by atoms with Crippen LogP contribution in [0.2, 0.25) is 0 Å². The number of imide groups is 1. The van der Waals surface area contributed by atoms with E-state index in [2.05, 4.69) is 26.3 Å². The average molecular weight is 486 g/mol.